The number of piperidine rings is 2. The van der Waals surface area contributed by atoms with E-state index in [2.05, 4.69) is 58.1 Å². The van der Waals surface area contributed by atoms with Crippen molar-refractivity contribution in [3.8, 4) is 34.5 Å². The highest BCUT2D eigenvalue weighted by molar-refractivity contribution is 6.23. The fraction of sp³-hybridized carbons (Fsp3) is 0.600. The molecule has 1 unspecified atom stereocenters. The summed E-state index contributed by atoms with van der Waals surface area (Å²) in [5.41, 5.74) is 0.283. The molecule has 0 aliphatic carbocycles. The number of esters is 2. The maximum absolute atomic E-state index is 14.9. The first kappa shape index (κ1) is 106. The van der Waals surface area contributed by atoms with Gasteiger partial charge in [0.05, 0.1) is 71.2 Å². The minimum absolute atomic E-state index is 0.0357. The Hall–Kier alpha value is -10.5. The minimum Gasteiger partial charge on any atom is -0.507 e. The molecule has 8 heterocycles. The number of anilines is 2. The van der Waals surface area contributed by atoms with Gasteiger partial charge < -0.3 is 109 Å². The number of nitrogens with one attached hydrogen (secondary N) is 2. The lowest BCUT2D eigenvalue weighted by Crippen LogP contribution is -2.47. The van der Waals surface area contributed by atoms with Gasteiger partial charge >= 0.3 is 23.5 Å². The van der Waals surface area contributed by atoms with Crippen molar-refractivity contribution in [2.45, 2.75) is 238 Å². The summed E-state index contributed by atoms with van der Waals surface area (Å²) in [5, 5.41) is 107. The Bertz CT molecular complexity index is 5510. The van der Waals surface area contributed by atoms with Crippen LogP contribution in [0.1, 0.15) is 203 Å². The summed E-state index contributed by atoms with van der Waals surface area (Å²) in [7, 11) is 3.06. The SMILES string of the molecule is CC(=O)O.CC(=O)O[C@@H]1[C@H](C)[C@@H](CO)/C=C/O[C@@]2(C)Oc3c(C)c(O)c4c(O)c(c5c(c4c3C2=O)NC2(CCN(CC(C)C)CC2)N=5)=NC(=O)/C(C)=C\C=C\[C@H](C)[C@H](O)[C@@H](C)C(O)[C@H]1C.CC(C)=O.COc1c(C)c2c3c4c5c(c(c(O)c14)=NC(=O)/C(C)=C\C=C\[C@H](C)[C@H](OC)[C@@H](C)[C@@H](CO)[C@@H](C)[C@H](OC(C)=O)[C@H](C)[C@@H](CO)/C=C/O[C@@](C)(O2)C3=O)=NC1(CCN(CC(C)C)CC1)N5. The van der Waals surface area contributed by atoms with Crippen LogP contribution in [0.15, 0.2) is 92.2 Å². The lowest BCUT2D eigenvalue weighted by Gasteiger charge is -2.40. The van der Waals surface area contributed by atoms with Gasteiger partial charge in [-0.05, 0) is 83.3 Å². The van der Waals surface area contributed by atoms with E-state index in [-0.39, 0.29) is 125 Å². The Labute approximate surface area is 777 Å². The number of phenolic OH excluding ortho intramolecular Hbond substituents is 3. The standard InChI is InChI=1S/C49H68N4O11.C46H62N4O11.C3H6O.C2H4O2/c1-25(2)22-53-19-17-49(18-20-53)51-38-35-36-41(57)40(39(38)52-49)50-47(59)27(4)15-13-14-26(3)42(60-11)29(6)34(24-55)30(7)43(63-32(9)56)28(5)33(23-54)16-21-62-48(10)46(58)37(35)45(64-48)31(8)44(36)61-12;1-22(2)20-50-17-15-46(16-18-50)48-34-31-32-39(55)28(8)42-33(31)43(57)45(10,61-42)59-19-14-30(21-51)25(5)41(60-29(9)52)27(7)38(54)26(6)37(53)23(3)12-11-13-24(4)44(58)47-36(40(32)56)35(34)49-46;1-3(2)4;1-2(3)4/h13-16,21,25-26,28-30,33-34,42-43,51,54-55,57H,17-20,22-24H2,1-12H3;11-14,19,22-23,25-27,30,37-38,41,48,51,53-56H,15-18,20-21H2,1-10H3;1-2H3;1H3,(H,3,4)/b14-13+,21-16+,27-15-,50-40?;12-11+,19-14+,24-13-,47-36?;;/t26-,28+,29-,30+,33+,34+,42-,43+,48-;23-,25+,26+,27+,30+,37-,38?,41+,45-;;/m00../s1. The number of aliphatic hydroxyl groups excluding tert-OH is 5. The summed E-state index contributed by atoms with van der Waals surface area (Å²) >= 11 is 0. The number of hydrogen-bond donors (Lipinski definition) is 11. The van der Waals surface area contributed by atoms with Crippen LogP contribution in [0, 0.1) is 90.8 Å². The zero-order valence-electron chi connectivity index (χ0n) is 81.6. The van der Waals surface area contributed by atoms with E-state index < -0.39 is 160 Å². The van der Waals surface area contributed by atoms with Gasteiger partial charge in [0.25, 0.3) is 29.4 Å². The van der Waals surface area contributed by atoms with Crippen LogP contribution in [0.4, 0.5) is 11.4 Å². The second-order valence-electron chi connectivity index (χ2n) is 38.4. The van der Waals surface area contributed by atoms with E-state index in [4.69, 9.17) is 57.8 Å². The molecule has 0 saturated carbocycles. The van der Waals surface area contributed by atoms with Gasteiger partial charge in [0.15, 0.2) is 11.5 Å². The van der Waals surface area contributed by atoms with E-state index in [0.29, 0.717) is 72.9 Å². The van der Waals surface area contributed by atoms with Crippen molar-refractivity contribution in [2.24, 2.45) is 96.9 Å². The minimum atomic E-state index is -1.98. The average Bonchev–Trinajstić information content (AvgIpc) is 1.55. The van der Waals surface area contributed by atoms with Gasteiger partial charge in [-0.1, -0.05) is 120 Å². The molecule has 33 heteroatoms. The first-order valence-corrected chi connectivity index (χ1v) is 46.0. The number of carbonyl (C=O) groups is 8. The molecule has 730 valence electrons. The van der Waals surface area contributed by atoms with E-state index >= 15 is 0 Å². The number of aromatic hydroxyl groups is 3. The normalized spacial score (nSPS) is 30.6. The molecular weight excluding hydrogens is 1710 g/mol. The highest BCUT2D eigenvalue weighted by Gasteiger charge is 2.54. The number of carboxylic acid groups (broad SMARTS) is 1. The van der Waals surface area contributed by atoms with E-state index in [0.717, 1.165) is 33.1 Å². The number of hydrogen-bond acceptors (Lipinski definition) is 30. The molecule has 11 N–H and O–H groups in total. The fourth-order valence-electron chi connectivity index (χ4n) is 19.6. The van der Waals surface area contributed by atoms with E-state index in [1.807, 2.05) is 33.8 Å². The number of aliphatic carboxylic acids is 1. The summed E-state index contributed by atoms with van der Waals surface area (Å²) < 4.78 is 48.7. The summed E-state index contributed by atoms with van der Waals surface area (Å²) in [6.45, 7) is 43.2. The molecule has 8 aliphatic heterocycles. The molecule has 0 aromatic heterocycles. The van der Waals surface area contributed by atoms with E-state index in [1.165, 1.54) is 73.3 Å². The summed E-state index contributed by atoms with van der Waals surface area (Å²) in [6, 6.07) is 0. The van der Waals surface area contributed by atoms with Crippen molar-refractivity contribution in [2.75, 3.05) is 83.9 Å². The zero-order valence-corrected chi connectivity index (χ0v) is 81.6. The quantitative estimate of drug-likeness (QED) is 0.0491. The van der Waals surface area contributed by atoms with Gasteiger partial charge in [-0.25, -0.2) is 9.98 Å². The van der Waals surface area contributed by atoms with Crippen molar-refractivity contribution < 1.29 is 122 Å². The number of aliphatic hydroxyl groups is 5. The maximum Gasteiger partial charge on any atom is 0.312 e. The third-order valence-corrected chi connectivity index (χ3v) is 27.0. The number of phenols is 3. The molecule has 8 bridgehead atoms. The second kappa shape index (κ2) is 43.9. The maximum atomic E-state index is 14.9. The number of nitrogens with zero attached hydrogens (tertiary/aromatic N) is 6. The topological polar surface area (TPSA) is 472 Å². The number of methoxy groups -OCH3 is 2. The number of Topliss-reactive ketones (excluding diaryl/α,β-unsaturated/α-hetero) is 3. The van der Waals surface area contributed by atoms with E-state index in [1.54, 1.807) is 92.9 Å². The summed E-state index contributed by atoms with van der Waals surface area (Å²) in [4.78, 5) is 125. The number of likely N-dealkylation sites (tertiary alicyclic amines) is 2. The van der Waals surface area contributed by atoms with Crippen molar-refractivity contribution in [3.05, 3.63) is 116 Å². The first-order chi connectivity index (χ1) is 62.4. The molecule has 8 aliphatic rings. The summed E-state index contributed by atoms with van der Waals surface area (Å²) in [6.07, 6.45) is 14.0. The highest BCUT2D eigenvalue weighted by atomic mass is 16.7. The van der Waals surface area contributed by atoms with Crippen molar-refractivity contribution in [1.82, 2.24) is 9.80 Å². The molecule has 4 aromatic carbocycles. The Kier molecular flexibility index (Phi) is 35.0. The van der Waals surface area contributed by atoms with Crippen LogP contribution in [0.25, 0.3) is 21.5 Å². The Morgan fingerprint density at radius 2 is 0.895 bits per heavy atom. The predicted molar refractivity (Wildman–Crippen MR) is 499 cm³/mol. The van der Waals surface area contributed by atoms with Crippen LogP contribution in [0.2, 0.25) is 0 Å². The largest absolute Gasteiger partial charge is 0.507 e. The first-order valence-electron chi connectivity index (χ1n) is 46.0. The number of benzene rings is 4. The molecule has 12 rings (SSSR count). The second-order valence-corrected chi connectivity index (χ2v) is 38.4. The number of rotatable bonds is 11. The third-order valence-electron chi connectivity index (χ3n) is 27.0. The van der Waals surface area contributed by atoms with Gasteiger partial charge in [0.1, 0.15) is 73.7 Å². The van der Waals surface area contributed by atoms with Crippen molar-refractivity contribution in [3.63, 3.8) is 0 Å². The third kappa shape index (κ3) is 22.9. The molecule has 2 amide bonds. The molecule has 18 atom stereocenters. The number of amides is 2. The Morgan fingerprint density at radius 1 is 0.511 bits per heavy atom. The lowest BCUT2D eigenvalue weighted by molar-refractivity contribution is -0.159. The monoisotopic (exact) mass is 1850 g/mol. The number of allylic oxidation sites excluding steroid dienone is 4. The van der Waals surface area contributed by atoms with Crippen LogP contribution in [0.3, 0.4) is 0 Å². The smallest absolute Gasteiger partial charge is 0.312 e. The molecule has 2 fully saturated rings. The van der Waals surface area contributed by atoms with Gasteiger partial charge in [-0.15, -0.1) is 0 Å². The highest BCUT2D eigenvalue weighted by Crippen LogP contribution is 2.54. The molecular formula is C100H140N8O25. The van der Waals surface area contributed by atoms with Crippen LogP contribution in [-0.2, 0) is 52.5 Å². The van der Waals surface area contributed by atoms with Crippen LogP contribution >= 0.6 is 0 Å². The number of ether oxygens (including phenoxy) is 8. The molecule has 2 saturated heterocycles. The van der Waals surface area contributed by atoms with Gasteiger partial charge in [0, 0.05) is 207 Å². The Morgan fingerprint density at radius 3 is 1.28 bits per heavy atom. The van der Waals surface area contributed by atoms with Gasteiger partial charge in [0.2, 0.25) is 0 Å². The van der Waals surface area contributed by atoms with Gasteiger partial charge in [-0.2, -0.15) is 0 Å². The number of carbonyl (C=O) groups excluding carboxylic acids is 7. The van der Waals surface area contributed by atoms with Crippen molar-refractivity contribution >= 4 is 80.0 Å². The molecule has 4 aromatic rings. The lowest BCUT2D eigenvalue weighted by atomic mass is 9.72. The van der Waals surface area contributed by atoms with E-state index in [9.17, 15) is 74.4 Å². The Balaban J connectivity index is 0.000000277. The summed E-state index contributed by atoms with van der Waals surface area (Å²) in [5.74, 6) is -13.5. The van der Waals surface area contributed by atoms with Gasteiger partial charge in [-0.3, -0.25) is 43.5 Å². The fourth-order valence-corrected chi connectivity index (χ4v) is 19.6. The molecule has 2 spiro atoms. The predicted octanol–water partition coefficient (Wildman–Crippen LogP) is 10.6. The molecule has 33 nitrogen and oxygen atoms in total. The van der Waals surface area contributed by atoms with Crippen LogP contribution in [-0.4, -0.2) is 230 Å². The average molecular weight is 1850 g/mol. The number of fused-ring (bicyclic) bond motifs is 2. The molecule has 133 heavy (non-hydrogen) atoms. The number of ketones is 3. The zero-order chi connectivity index (χ0) is 99.0. The van der Waals surface area contributed by atoms with Crippen molar-refractivity contribution in [1.29, 1.82) is 0 Å². The van der Waals surface area contributed by atoms with Crippen LogP contribution < -0.4 is 46.3 Å². The van der Waals surface area contributed by atoms with Crippen LogP contribution in [0.5, 0.6) is 34.5 Å². The number of carboxylic acids is 1. The molecule has 0 radical (unpaired) electrons.